The molecule has 1 aliphatic rings. The average Bonchev–Trinajstić information content (AvgIpc) is 3.12. The molecular formula is C18H19FN2O3. The molecule has 0 saturated carbocycles. The molecule has 6 heteroatoms. The lowest BCUT2D eigenvalue weighted by atomic mass is 10.0. The molecule has 2 heterocycles. The van der Waals surface area contributed by atoms with E-state index in [1.807, 2.05) is 0 Å². The Morgan fingerprint density at radius 3 is 2.58 bits per heavy atom. The van der Waals surface area contributed by atoms with Gasteiger partial charge in [-0.25, -0.2) is 4.39 Å². The van der Waals surface area contributed by atoms with Crippen LogP contribution in [0.25, 0.3) is 0 Å². The van der Waals surface area contributed by atoms with Gasteiger partial charge in [-0.1, -0.05) is 18.2 Å². The highest BCUT2D eigenvalue weighted by atomic mass is 19.1. The van der Waals surface area contributed by atoms with Gasteiger partial charge in [0.2, 0.25) is 5.91 Å². The van der Waals surface area contributed by atoms with Crippen molar-refractivity contribution < 1.29 is 18.4 Å². The quantitative estimate of drug-likeness (QED) is 0.936. The summed E-state index contributed by atoms with van der Waals surface area (Å²) in [6.45, 7) is 1.10. The number of nitrogens with zero attached hydrogens (tertiary/aromatic N) is 1. The summed E-state index contributed by atoms with van der Waals surface area (Å²) in [5.41, 5.74) is 0.413. The molecule has 1 aromatic carbocycles. The van der Waals surface area contributed by atoms with Crippen molar-refractivity contribution in [1.82, 2.24) is 10.2 Å². The minimum atomic E-state index is -0.355. The van der Waals surface area contributed by atoms with Gasteiger partial charge in [0.15, 0.2) is 5.76 Å². The largest absolute Gasteiger partial charge is 0.459 e. The molecule has 2 aromatic rings. The van der Waals surface area contributed by atoms with Crippen molar-refractivity contribution in [3.8, 4) is 0 Å². The molecule has 1 saturated heterocycles. The predicted octanol–water partition coefficient (Wildman–Crippen LogP) is 2.38. The van der Waals surface area contributed by atoms with Crippen LogP contribution in [0.5, 0.6) is 0 Å². The first-order chi connectivity index (χ1) is 11.6. The summed E-state index contributed by atoms with van der Waals surface area (Å²) >= 11 is 0. The second kappa shape index (κ2) is 7.29. The highest BCUT2D eigenvalue weighted by Gasteiger charge is 2.25. The van der Waals surface area contributed by atoms with E-state index in [2.05, 4.69) is 5.32 Å². The van der Waals surface area contributed by atoms with Crippen LogP contribution in [0.4, 0.5) is 4.39 Å². The molecule has 0 radical (unpaired) electrons. The highest BCUT2D eigenvalue weighted by molar-refractivity contribution is 5.91. The standard InChI is InChI=1S/C18H19FN2O3/c19-15-5-2-1-4-13(15)12-17(22)21-9-7-14(8-10-21)20-18(23)16-6-3-11-24-16/h1-6,11,14H,7-10,12H2,(H,20,23). The van der Waals surface area contributed by atoms with Gasteiger partial charge in [0.1, 0.15) is 5.82 Å². The summed E-state index contributed by atoms with van der Waals surface area (Å²) < 4.78 is 18.7. The zero-order valence-electron chi connectivity index (χ0n) is 13.2. The molecule has 1 aliphatic heterocycles. The maximum Gasteiger partial charge on any atom is 0.287 e. The number of halogens is 1. The van der Waals surface area contributed by atoms with Crippen LogP contribution in [0.3, 0.4) is 0 Å². The number of carbonyl (C=O) groups is 2. The van der Waals surface area contributed by atoms with E-state index in [0.717, 1.165) is 0 Å². The molecule has 1 fully saturated rings. The average molecular weight is 330 g/mol. The molecular weight excluding hydrogens is 311 g/mol. The molecule has 2 amide bonds. The third-order valence-electron chi connectivity index (χ3n) is 4.23. The van der Waals surface area contributed by atoms with Crippen molar-refractivity contribution in [2.24, 2.45) is 0 Å². The number of carbonyl (C=O) groups excluding carboxylic acids is 2. The van der Waals surface area contributed by atoms with E-state index < -0.39 is 0 Å². The SMILES string of the molecule is O=C(NC1CCN(C(=O)Cc2ccccc2F)CC1)c1ccco1. The molecule has 0 bridgehead atoms. The van der Waals surface area contributed by atoms with Gasteiger partial charge < -0.3 is 14.6 Å². The van der Waals surface area contributed by atoms with Crippen LogP contribution < -0.4 is 5.32 Å². The fraction of sp³-hybridized carbons (Fsp3) is 0.333. The summed E-state index contributed by atoms with van der Waals surface area (Å²) in [5, 5.41) is 2.91. The number of piperidine rings is 1. The lowest BCUT2D eigenvalue weighted by molar-refractivity contribution is -0.131. The number of hydrogen-bond acceptors (Lipinski definition) is 3. The fourth-order valence-electron chi connectivity index (χ4n) is 2.85. The fourth-order valence-corrected chi connectivity index (χ4v) is 2.85. The second-order valence-electron chi connectivity index (χ2n) is 5.87. The Morgan fingerprint density at radius 1 is 1.17 bits per heavy atom. The first-order valence-electron chi connectivity index (χ1n) is 7.99. The third-order valence-corrected chi connectivity index (χ3v) is 4.23. The Balaban J connectivity index is 1.49. The Hall–Kier alpha value is -2.63. The van der Waals surface area contributed by atoms with Gasteiger partial charge in [-0.15, -0.1) is 0 Å². The Labute approximate surface area is 139 Å². The first-order valence-corrected chi connectivity index (χ1v) is 7.99. The Bertz CT molecular complexity index is 707. The van der Waals surface area contributed by atoms with E-state index in [1.165, 1.54) is 12.3 Å². The van der Waals surface area contributed by atoms with E-state index in [1.54, 1.807) is 35.2 Å². The van der Waals surface area contributed by atoms with Gasteiger partial charge in [0, 0.05) is 19.1 Å². The van der Waals surface area contributed by atoms with E-state index in [9.17, 15) is 14.0 Å². The summed E-state index contributed by atoms with van der Waals surface area (Å²) in [7, 11) is 0. The van der Waals surface area contributed by atoms with Crippen molar-refractivity contribution in [2.45, 2.75) is 25.3 Å². The van der Waals surface area contributed by atoms with Crippen LogP contribution in [-0.4, -0.2) is 35.8 Å². The lowest BCUT2D eigenvalue weighted by Crippen LogP contribution is -2.46. The number of amides is 2. The third kappa shape index (κ3) is 3.82. The topological polar surface area (TPSA) is 62.6 Å². The second-order valence-corrected chi connectivity index (χ2v) is 5.87. The van der Waals surface area contributed by atoms with Crippen LogP contribution >= 0.6 is 0 Å². The molecule has 1 aromatic heterocycles. The van der Waals surface area contributed by atoms with Crippen molar-refractivity contribution >= 4 is 11.8 Å². The number of hydrogen-bond donors (Lipinski definition) is 1. The number of nitrogens with one attached hydrogen (secondary N) is 1. The van der Waals surface area contributed by atoms with Crippen LogP contribution in [0.15, 0.2) is 47.1 Å². The predicted molar refractivity (Wildman–Crippen MR) is 85.9 cm³/mol. The normalized spacial score (nSPS) is 15.3. The van der Waals surface area contributed by atoms with Crippen molar-refractivity contribution in [1.29, 1.82) is 0 Å². The maximum absolute atomic E-state index is 13.6. The van der Waals surface area contributed by atoms with Crippen molar-refractivity contribution in [3.63, 3.8) is 0 Å². The van der Waals surface area contributed by atoms with Gasteiger partial charge in [-0.3, -0.25) is 9.59 Å². The molecule has 0 spiro atoms. The van der Waals surface area contributed by atoms with Crippen LogP contribution in [-0.2, 0) is 11.2 Å². The van der Waals surface area contributed by atoms with Crippen LogP contribution in [0.1, 0.15) is 29.0 Å². The lowest BCUT2D eigenvalue weighted by Gasteiger charge is -2.32. The highest BCUT2D eigenvalue weighted by Crippen LogP contribution is 2.15. The minimum absolute atomic E-state index is 0.0140. The van der Waals surface area contributed by atoms with Gasteiger partial charge in [0.05, 0.1) is 12.7 Å². The Kier molecular flexibility index (Phi) is 4.93. The summed E-state index contributed by atoms with van der Waals surface area (Å²) in [6, 6.07) is 9.61. The maximum atomic E-state index is 13.6. The van der Waals surface area contributed by atoms with Crippen LogP contribution in [0, 0.1) is 5.82 Å². The number of furan rings is 1. The van der Waals surface area contributed by atoms with Crippen LogP contribution in [0.2, 0.25) is 0 Å². The zero-order valence-corrected chi connectivity index (χ0v) is 13.2. The van der Waals surface area contributed by atoms with E-state index in [-0.39, 0.29) is 35.9 Å². The van der Waals surface area contributed by atoms with Gasteiger partial charge in [0.25, 0.3) is 5.91 Å². The van der Waals surface area contributed by atoms with Crippen molar-refractivity contribution in [3.05, 3.63) is 59.8 Å². The first kappa shape index (κ1) is 16.2. The van der Waals surface area contributed by atoms with Crippen molar-refractivity contribution in [2.75, 3.05) is 13.1 Å². The number of likely N-dealkylation sites (tertiary alicyclic amines) is 1. The number of benzene rings is 1. The zero-order chi connectivity index (χ0) is 16.9. The Morgan fingerprint density at radius 2 is 1.92 bits per heavy atom. The van der Waals surface area contributed by atoms with E-state index in [0.29, 0.717) is 31.5 Å². The molecule has 24 heavy (non-hydrogen) atoms. The molecule has 5 nitrogen and oxygen atoms in total. The smallest absolute Gasteiger partial charge is 0.287 e. The minimum Gasteiger partial charge on any atom is -0.459 e. The molecule has 0 atom stereocenters. The van der Waals surface area contributed by atoms with Gasteiger partial charge in [-0.2, -0.15) is 0 Å². The molecule has 0 aliphatic carbocycles. The number of rotatable bonds is 4. The van der Waals surface area contributed by atoms with Gasteiger partial charge in [-0.05, 0) is 36.6 Å². The molecule has 1 N–H and O–H groups in total. The molecule has 3 rings (SSSR count). The van der Waals surface area contributed by atoms with E-state index >= 15 is 0 Å². The summed E-state index contributed by atoms with van der Waals surface area (Å²) in [4.78, 5) is 26.0. The van der Waals surface area contributed by atoms with Gasteiger partial charge >= 0.3 is 0 Å². The monoisotopic (exact) mass is 330 g/mol. The molecule has 126 valence electrons. The molecule has 0 unspecified atom stereocenters. The van der Waals surface area contributed by atoms with E-state index in [4.69, 9.17) is 4.42 Å². The summed E-state index contributed by atoms with van der Waals surface area (Å²) in [6.07, 6.45) is 2.87. The summed E-state index contributed by atoms with van der Waals surface area (Å²) in [5.74, 6) is -0.397.